The average Bonchev–Trinajstić information content (AvgIpc) is 2.51. The Morgan fingerprint density at radius 2 is 1.76 bits per heavy atom. The van der Waals surface area contributed by atoms with E-state index in [1.807, 2.05) is 12.1 Å². The summed E-state index contributed by atoms with van der Waals surface area (Å²) in [6.45, 7) is 10.2. The molecule has 1 aromatic rings. The van der Waals surface area contributed by atoms with Crippen LogP contribution in [0.15, 0.2) is 24.3 Å². The molecule has 0 atom stereocenters. The maximum atomic E-state index is 12.5. The van der Waals surface area contributed by atoms with Gasteiger partial charge in [0.2, 0.25) is 5.91 Å². The predicted molar refractivity (Wildman–Crippen MR) is 88.8 cm³/mol. The van der Waals surface area contributed by atoms with E-state index < -0.39 is 0 Å². The summed E-state index contributed by atoms with van der Waals surface area (Å²) in [5.41, 5.74) is 1.84. The molecule has 2 N–H and O–H groups in total. The highest BCUT2D eigenvalue weighted by Crippen LogP contribution is 2.29. The standard InChI is InChI=1S/C17H27N3O/c1-4-20(5-2)15-8-6-14(7-9-15)19-16(21)17(3)10-12-18-13-11-17/h6-9,18H,4-5,10-13H2,1-3H3,(H,19,21). The Bertz CT molecular complexity index is 459. The molecule has 1 amide bonds. The van der Waals surface area contributed by atoms with E-state index in [0.29, 0.717) is 0 Å². The molecule has 21 heavy (non-hydrogen) atoms. The molecule has 0 unspecified atom stereocenters. The van der Waals surface area contributed by atoms with Crippen LogP contribution < -0.4 is 15.5 Å². The summed E-state index contributed by atoms with van der Waals surface area (Å²) in [5.74, 6) is 0.139. The van der Waals surface area contributed by atoms with E-state index in [1.165, 1.54) is 5.69 Å². The highest BCUT2D eigenvalue weighted by molar-refractivity contribution is 5.95. The van der Waals surface area contributed by atoms with Crippen LogP contribution in [-0.4, -0.2) is 32.1 Å². The fourth-order valence-corrected chi connectivity index (χ4v) is 2.83. The van der Waals surface area contributed by atoms with Crippen LogP contribution in [0, 0.1) is 5.41 Å². The van der Waals surface area contributed by atoms with Crippen molar-refractivity contribution in [1.82, 2.24) is 5.32 Å². The van der Waals surface area contributed by atoms with E-state index in [1.54, 1.807) is 0 Å². The molecule has 0 aliphatic carbocycles. The number of hydrogen-bond donors (Lipinski definition) is 2. The normalized spacial score (nSPS) is 17.3. The molecular weight excluding hydrogens is 262 g/mol. The van der Waals surface area contributed by atoms with E-state index in [-0.39, 0.29) is 11.3 Å². The molecule has 1 aliphatic rings. The largest absolute Gasteiger partial charge is 0.372 e. The van der Waals surface area contributed by atoms with Crippen LogP contribution in [-0.2, 0) is 4.79 Å². The van der Waals surface area contributed by atoms with Gasteiger partial charge in [0.1, 0.15) is 0 Å². The predicted octanol–water partition coefficient (Wildman–Crippen LogP) is 2.86. The van der Waals surface area contributed by atoms with Crippen molar-refractivity contribution in [3.8, 4) is 0 Å². The minimum Gasteiger partial charge on any atom is -0.372 e. The first kappa shape index (κ1) is 15.8. The Morgan fingerprint density at radius 3 is 2.29 bits per heavy atom. The minimum atomic E-state index is -0.247. The Hall–Kier alpha value is -1.55. The van der Waals surface area contributed by atoms with E-state index >= 15 is 0 Å². The molecule has 4 heteroatoms. The van der Waals surface area contributed by atoms with Crippen molar-refractivity contribution in [2.45, 2.75) is 33.6 Å². The van der Waals surface area contributed by atoms with Gasteiger partial charge < -0.3 is 15.5 Å². The van der Waals surface area contributed by atoms with E-state index in [2.05, 4.69) is 48.4 Å². The number of piperidine rings is 1. The third-order valence-corrected chi connectivity index (χ3v) is 4.51. The Balaban J connectivity index is 2.01. The molecular formula is C17H27N3O. The maximum absolute atomic E-state index is 12.5. The van der Waals surface area contributed by atoms with Gasteiger partial charge in [0.15, 0.2) is 0 Å². The van der Waals surface area contributed by atoms with Gasteiger partial charge >= 0.3 is 0 Å². The lowest BCUT2D eigenvalue weighted by atomic mass is 9.80. The number of carbonyl (C=O) groups excluding carboxylic acids is 1. The lowest BCUT2D eigenvalue weighted by molar-refractivity contribution is -0.126. The third kappa shape index (κ3) is 3.76. The minimum absolute atomic E-state index is 0.139. The molecule has 0 saturated carbocycles. The lowest BCUT2D eigenvalue weighted by Crippen LogP contribution is -2.42. The average molecular weight is 289 g/mol. The zero-order valence-electron chi connectivity index (χ0n) is 13.4. The molecule has 0 radical (unpaired) electrons. The van der Waals surface area contributed by atoms with Crippen LogP contribution in [0.25, 0.3) is 0 Å². The van der Waals surface area contributed by atoms with Crippen molar-refractivity contribution in [2.24, 2.45) is 5.41 Å². The van der Waals surface area contributed by atoms with E-state index in [0.717, 1.165) is 44.7 Å². The quantitative estimate of drug-likeness (QED) is 0.876. The Labute approximate surface area is 127 Å². The van der Waals surface area contributed by atoms with Crippen molar-refractivity contribution in [2.75, 3.05) is 36.4 Å². The zero-order valence-corrected chi connectivity index (χ0v) is 13.4. The smallest absolute Gasteiger partial charge is 0.230 e. The Morgan fingerprint density at radius 1 is 1.19 bits per heavy atom. The summed E-state index contributed by atoms with van der Waals surface area (Å²) >= 11 is 0. The van der Waals surface area contributed by atoms with E-state index in [9.17, 15) is 4.79 Å². The van der Waals surface area contributed by atoms with Gasteiger partial charge in [-0.05, 0) is 64.0 Å². The molecule has 4 nitrogen and oxygen atoms in total. The molecule has 1 saturated heterocycles. The molecule has 1 fully saturated rings. The van der Waals surface area contributed by atoms with Gasteiger partial charge in [-0.3, -0.25) is 4.79 Å². The highest BCUT2D eigenvalue weighted by Gasteiger charge is 2.34. The number of carbonyl (C=O) groups is 1. The number of anilines is 2. The topological polar surface area (TPSA) is 44.4 Å². The van der Waals surface area contributed by atoms with Gasteiger partial charge in [-0.2, -0.15) is 0 Å². The molecule has 1 aliphatic heterocycles. The van der Waals surface area contributed by atoms with Gasteiger partial charge in [0.25, 0.3) is 0 Å². The van der Waals surface area contributed by atoms with Crippen molar-refractivity contribution >= 4 is 17.3 Å². The zero-order chi connectivity index (χ0) is 15.3. The van der Waals surface area contributed by atoms with Crippen LogP contribution >= 0.6 is 0 Å². The summed E-state index contributed by atoms with van der Waals surface area (Å²) in [6.07, 6.45) is 1.80. The van der Waals surface area contributed by atoms with Gasteiger partial charge in [0, 0.05) is 29.9 Å². The number of hydrogen-bond acceptors (Lipinski definition) is 3. The first-order chi connectivity index (χ1) is 10.1. The van der Waals surface area contributed by atoms with Crippen LogP contribution in [0.2, 0.25) is 0 Å². The van der Waals surface area contributed by atoms with E-state index in [4.69, 9.17) is 0 Å². The van der Waals surface area contributed by atoms with Gasteiger partial charge in [0.05, 0.1) is 0 Å². The molecule has 0 bridgehead atoms. The second kappa shape index (κ2) is 6.94. The van der Waals surface area contributed by atoms with Crippen molar-refractivity contribution < 1.29 is 4.79 Å². The summed E-state index contributed by atoms with van der Waals surface area (Å²) < 4.78 is 0. The van der Waals surface area contributed by atoms with Crippen molar-refractivity contribution in [1.29, 1.82) is 0 Å². The molecule has 2 rings (SSSR count). The molecule has 1 aromatic carbocycles. The fraction of sp³-hybridized carbons (Fsp3) is 0.588. The molecule has 116 valence electrons. The van der Waals surface area contributed by atoms with Gasteiger partial charge in [-0.15, -0.1) is 0 Å². The second-order valence-corrected chi connectivity index (χ2v) is 5.98. The summed E-state index contributed by atoms with van der Waals surface area (Å²) in [4.78, 5) is 14.8. The number of nitrogens with zero attached hydrogens (tertiary/aromatic N) is 1. The number of benzene rings is 1. The lowest BCUT2D eigenvalue weighted by Gasteiger charge is -2.32. The molecule has 1 heterocycles. The SMILES string of the molecule is CCN(CC)c1ccc(NC(=O)C2(C)CCNCC2)cc1. The molecule has 0 spiro atoms. The first-order valence-electron chi connectivity index (χ1n) is 7.96. The van der Waals surface area contributed by atoms with Crippen LogP contribution in [0.1, 0.15) is 33.6 Å². The number of nitrogens with one attached hydrogen (secondary N) is 2. The first-order valence-corrected chi connectivity index (χ1v) is 7.96. The maximum Gasteiger partial charge on any atom is 0.230 e. The highest BCUT2D eigenvalue weighted by atomic mass is 16.2. The van der Waals surface area contributed by atoms with Crippen molar-refractivity contribution in [3.63, 3.8) is 0 Å². The summed E-state index contributed by atoms with van der Waals surface area (Å²) in [7, 11) is 0. The van der Waals surface area contributed by atoms with Gasteiger partial charge in [-0.25, -0.2) is 0 Å². The van der Waals surface area contributed by atoms with Gasteiger partial charge in [-0.1, -0.05) is 6.92 Å². The third-order valence-electron chi connectivity index (χ3n) is 4.51. The Kier molecular flexibility index (Phi) is 5.23. The second-order valence-electron chi connectivity index (χ2n) is 5.98. The summed E-state index contributed by atoms with van der Waals surface area (Å²) in [5, 5.41) is 6.38. The van der Waals surface area contributed by atoms with Crippen LogP contribution in [0.4, 0.5) is 11.4 Å². The fourth-order valence-electron chi connectivity index (χ4n) is 2.83. The summed E-state index contributed by atoms with van der Waals surface area (Å²) in [6, 6.07) is 8.15. The number of rotatable bonds is 5. The molecule has 0 aromatic heterocycles. The van der Waals surface area contributed by atoms with Crippen LogP contribution in [0.3, 0.4) is 0 Å². The number of amides is 1. The van der Waals surface area contributed by atoms with Crippen LogP contribution in [0.5, 0.6) is 0 Å². The monoisotopic (exact) mass is 289 g/mol. The van der Waals surface area contributed by atoms with Crippen molar-refractivity contribution in [3.05, 3.63) is 24.3 Å².